The highest BCUT2D eigenvalue weighted by Crippen LogP contribution is 2.24. The van der Waals surface area contributed by atoms with Crippen molar-refractivity contribution in [2.75, 3.05) is 84.7 Å². The van der Waals surface area contributed by atoms with Crippen molar-refractivity contribution in [3.63, 3.8) is 0 Å². The second kappa shape index (κ2) is 36.3. The van der Waals surface area contributed by atoms with E-state index in [0.29, 0.717) is 19.7 Å². The number of alkyl carbamates (subject to hydrolysis) is 2. The molecule has 10 amide bonds. The maximum atomic E-state index is 12.1. The fourth-order valence-electron chi connectivity index (χ4n) is 5.67. The van der Waals surface area contributed by atoms with Gasteiger partial charge in [-0.15, -0.1) is 0 Å². The SMILES string of the molecule is CC=O.CCCCOC(COC(=O)NCC)COC(=O)NCC.CSC1CC(=O)N(CCC(=O)NCCNC(=O)CC(C)CC(=O)NCCNC(=O)CCN2C(=O)CC(SC)C2=O)C1=O. The van der Waals surface area contributed by atoms with Gasteiger partial charge in [0.15, 0.2) is 0 Å². The van der Waals surface area contributed by atoms with Crippen molar-refractivity contribution in [2.45, 2.75) is 103 Å². The van der Waals surface area contributed by atoms with E-state index in [9.17, 15) is 47.9 Å². The zero-order valence-electron chi connectivity index (χ0n) is 38.7. The number of ether oxygens (including phenoxy) is 3. The van der Waals surface area contributed by atoms with Crippen LogP contribution in [0, 0.1) is 5.92 Å². The predicted molar refractivity (Wildman–Crippen MR) is 243 cm³/mol. The fourth-order valence-corrected chi connectivity index (χ4v) is 6.95. The van der Waals surface area contributed by atoms with E-state index in [0.717, 1.165) is 28.9 Å². The summed E-state index contributed by atoms with van der Waals surface area (Å²) in [4.78, 5) is 130. The van der Waals surface area contributed by atoms with E-state index in [4.69, 9.17) is 19.0 Å². The van der Waals surface area contributed by atoms with Gasteiger partial charge in [0.2, 0.25) is 47.3 Å². The Labute approximate surface area is 390 Å². The van der Waals surface area contributed by atoms with Gasteiger partial charge in [-0.05, 0) is 45.6 Å². The lowest BCUT2D eigenvalue weighted by molar-refractivity contribution is -0.140. The van der Waals surface area contributed by atoms with Gasteiger partial charge in [-0.25, -0.2) is 9.59 Å². The Balaban J connectivity index is 0.00000149. The zero-order valence-corrected chi connectivity index (χ0v) is 40.4. The summed E-state index contributed by atoms with van der Waals surface area (Å²) in [5.74, 6) is -2.54. The topological polar surface area (TPSA) is 294 Å². The van der Waals surface area contributed by atoms with Crippen LogP contribution >= 0.6 is 23.5 Å². The first-order valence-electron chi connectivity index (χ1n) is 21.6. The molecule has 65 heavy (non-hydrogen) atoms. The number of nitrogens with zero attached hydrogens (tertiary/aromatic N) is 2. The molecule has 2 heterocycles. The van der Waals surface area contributed by atoms with Gasteiger partial charge in [0, 0.05) is 97.5 Å². The molecule has 6 N–H and O–H groups in total. The van der Waals surface area contributed by atoms with Gasteiger partial charge in [0.1, 0.15) is 25.6 Å². The number of hydrogen-bond acceptors (Lipinski definition) is 16. The van der Waals surface area contributed by atoms with Crippen LogP contribution in [0.15, 0.2) is 0 Å². The van der Waals surface area contributed by atoms with Gasteiger partial charge >= 0.3 is 12.2 Å². The van der Waals surface area contributed by atoms with Crippen LogP contribution in [0.4, 0.5) is 9.59 Å². The van der Waals surface area contributed by atoms with E-state index in [2.05, 4.69) is 38.8 Å². The minimum absolute atomic E-state index is 0.0122. The zero-order chi connectivity index (χ0) is 49.2. The fraction of sp³-hybridized carbons (Fsp3) is 0.732. The second-order valence-electron chi connectivity index (χ2n) is 14.4. The van der Waals surface area contributed by atoms with Crippen molar-refractivity contribution in [2.24, 2.45) is 5.92 Å². The Bertz CT molecular complexity index is 1460. The first-order valence-corrected chi connectivity index (χ1v) is 24.2. The molecule has 22 nitrogen and oxygen atoms in total. The van der Waals surface area contributed by atoms with Crippen LogP contribution < -0.4 is 31.9 Å². The summed E-state index contributed by atoms with van der Waals surface area (Å²) in [7, 11) is 0. The molecular formula is C41H70N8O14S2. The van der Waals surface area contributed by atoms with Crippen LogP contribution in [0.5, 0.6) is 0 Å². The predicted octanol–water partition coefficient (Wildman–Crippen LogP) is 0.498. The number of rotatable bonds is 28. The van der Waals surface area contributed by atoms with Crippen LogP contribution in [0.25, 0.3) is 0 Å². The van der Waals surface area contributed by atoms with Crippen molar-refractivity contribution in [1.29, 1.82) is 0 Å². The van der Waals surface area contributed by atoms with Gasteiger partial charge in [-0.2, -0.15) is 23.5 Å². The first kappa shape index (κ1) is 60.0. The van der Waals surface area contributed by atoms with Crippen LogP contribution in [-0.2, 0) is 57.4 Å². The van der Waals surface area contributed by atoms with Crippen LogP contribution in [0.3, 0.4) is 0 Å². The van der Waals surface area contributed by atoms with Crippen LogP contribution in [-0.4, -0.2) is 177 Å². The van der Waals surface area contributed by atoms with E-state index < -0.39 is 18.3 Å². The largest absolute Gasteiger partial charge is 0.447 e. The number of nitrogens with one attached hydrogen (secondary N) is 6. The maximum Gasteiger partial charge on any atom is 0.407 e. The average Bonchev–Trinajstić information content (AvgIpc) is 3.70. The Morgan fingerprint density at radius 2 is 1.03 bits per heavy atom. The highest BCUT2D eigenvalue weighted by atomic mass is 32.2. The smallest absolute Gasteiger partial charge is 0.407 e. The third kappa shape index (κ3) is 27.2. The Morgan fingerprint density at radius 1 is 0.662 bits per heavy atom. The summed E-state index contributed by atoms with van der Waals surface area (Å²) in [6, 6.07) is 0. The molecule has 2 aliphatic rings. The normalized spacial score (nSPS) is 15.8. The van der Waals surface area contributed by atoms with Crippen LogP contribution in [0.2, 0.25) is 0 Å². The van der Waals surface area contributed by atoms with E-state index in [1.165, 1.54) is 30.4 Å². The molecular weight excluding hydrogens is 893 g/mol. The lowest BCUT2D eigenvalue weighted by atomic mass is 10.0. The van der Waals surface area contributed by atoms with Gasteiger partial charge in [-0.3, -0.25) is 48.2 Å². The lowest BCUT2D eigenvalue weighted by Crippen LogP contribution is -2.39. The highest BCUT2D eigenvalue weighted by molar-refractivity contribution is 8.00. The molecule has 24 heteroatoms. The molecule has 0 spiro atoms. The summed E-state index contributed by atoms with van der Waals surface area (Å²) in [6.07, 6.45) is 5.21. The van der Waals surface area contributed by atoms with Crippen molar-refractivity contribution in [3.05, 3.63) is 0 Å². The summed E-state index contributed by atoms with van der Waals surface area (Å²) in [6.45, 7) is 11.3. The number of carbonyl (C=O) groups is 11. The molecule has 0 aromatic heterocycles. The maximum absolute atomic E-state index is 12.1. The molecule has 2 saturated heterocycles. The molecule has 0 aromatic rings. The Kier molecular flexibility index (Phi) is 33.5. The number of amides is 10. The number of thioether (sulfide) groups is 2. The molecule has 0 saturated carbocycles. The molecule has 2 aliphatic heterocycles. The second-order valence-corrected chi connectivity index (χ2v) is 16.5. The van der Waals surface area contributed by atoms with Gasteiger partial charge in [0.25, 0.3) is 0 Å². The number of carbonyl (C=O) groups excluding carboxylic acids is 11. The quantitative estimate of drug-likeness (QED) is 0.0354. The van der Waals surface area contributed by atoms with E-state index in [-0.39, 0.29) is 155 Å². The Morgan fingerprint density at radius 3 is 1.35 bits per heavy atom. The van der Waals surface area contributed by atoms with Crippen LogP contribution in [0.1, 0.15) is 86.0 Å². The minimum atomic E-state index is -0.505. The van der Waals surface area contributed by atoms with Gasteiger partial charge in [0.05, 0.1) is 10.5 Å². The standard InChI is InChI=1S/C26H40N6O8S2.C13H26N2O5.C2H4O/c1-16(12-21(35)29-8-6-27-19(33)4-10-31-23(37)14-17(41-2)25(31)39)13-22(36)30-9-7-28-20(34)5-11-32-24(38)15-18(42-3)26(32)40;1-4-7-8-18-11(9-19-12(16)14-5-2)10-20-13(17)15-6-3;1-2-3/h16-18H,4-15H2,1-3H3,(H,27,33)(H,28,34)(H,29,35)(H,30,36);11H,4-10H2,1-3H3,(H,14,16)(H,15,17);2H,1H3. The molecule has 0 aliphatic carbocycles. The molecule has 370 valence electrons. The van der Waals surface area contributed by atoms with Crippen molar-refractivity contribution < 1.29 is 67.0 Å². The van der Waals surface area contributed by atoms with Gasteiger partial charge in [-0.1, -0.05) is 20.3 Å². The summed E-state index contributed by atoms with van der Waals surface area (Å²) in [5.41, 5.74) is 0. The third-order valence-electron chi connectivity index (χ3n) is 9.00. The summed E-state index contributed by atoms with van der Waals surface area (Å²) in [5, 5.41) is 14.9. The van der Waals surface area contributed by atoms with E-state index >= 15 is 0 Å². The minimum Gasteiger partial charge on any atom is -0.447 e. The summed E-state index contributed by atoms with van der Waals surface area (Å²) < 4.78 is 15.5. The van der Waals surface area contributed by atoms with E-state index in [1.54, 1.807) is 33.3 Å². The number of imide groups is 2. The van der Waals surface area contributed by atoms with Crippen molar-refractivity contribution >= 4 is 89.3 Å². The number of likely N-dealkylation sites (tertiary alicyclic amines) is 2. The summed E-state index contributed by atoms with van der Waals surface area (Å²) >= 11 is 2.63. The molecule has 2 rings (SSSR count). The Hall–Kier alpha value is -4.97. The molecule has 2 unspecified atom stereocenters. The lowest BCUT2D eigenvalue weighted by Gasteiger charge is -2.18. The number of aldehydes is 1. The van der Waals surface area contributed by atoms with E-state index in [1.807, 2.05) is 0 Å². The molecule has 0 bridgehead atoms. The third-order valence-corrected chi connectivity index (χ3v) is 10.9. The first-order chi connectivity index (χ1) is 31.0. The monoisotopic (exact) mass is 962 g/mol. The molecule has 0 aromatic carbocycles. The number of hydrogen-bond donors (Lipinski definition) is 6. The molecule has 0 radical (unpaired) electrons. The molecule has 2 fully saturated rings. The average molecular weight is 963 g/mol. The molecule has 2 atom stereocenters. The van der Waals surface area contributed by atoms with Crippen molar-refractivity contribution in [1.82, 2.24) is 41.7 Å². The van der Waals surface area contributed by atoms with Gasteiger partial charge < -0.3 is 50.9 Å². The number of unbranched alkanes of at least 4 members (excludes halogenated alkanes) is 1. The highest BCUT2D eigenvalue weighted by Gasteiger charge is 2.38. The van der Waals surface area contributed by atoms with Crippen molar-refractivity contribution in [3.8, 4) is 0 Å².